The molecule has 0 saturated carbocycles. The Morgan fingerprint density at radius 3 is 2.39 bits per heavy atom. The van der Waals surface area contributed by atoms with Gasteiger partial charge in [0.1, 0.15) is 0 Å². The summed E-state index contributed by atoms with van der Waals surface area (Å²) in [6, 6.07) is 5.85. The van der Waals surface area contributed by atoms with E-state index < -0.39 is 12.1 Å². The molecular weight excluding hydrogens is 269 g/mol. The average Bonchev–Trinajstić information content (AvgIpc) is 2.30. The Labute approximate surface area is 106 Å². The maximum atomic E-state index is 12.0. The lowest BCUT2D eigenvalue weighted by Gasteiger charge is -2.08. The Morgan fingerprint density at radius 1 is 1.28 bits per heavy atom. The van der Waals surface area contributed by atoms with Crippen LogP contribution in [0.4, 0.5) is 18.9 Å². The molecule has 1 aromatic carbocycles. The summed E-state index contributed by atoms with van der Waals surface area (Å²) in [6.07, 6.45) is -4.89. The first-order valence-corrected chi connectivity index (χ1v) is 5.74. The van der Waals surface area contributed by atoms with E-state index in [1.807, 2.05) is 0 Å². The Balaban J connectivity index is 2.53. The van der Waals surface area contributed by atoms with E-state index in [4.69, 9.17) is 5.11 Å². The Kier molecular flexibility index (Phi) is 5.45. The number of aliphatic hydroxyl groups is 1. The Bertz CT molecular complexity index is 395. The summed E-state index contributed by atoms with van der Waals surface area (Å²) >= 11 is 1.23. The van der Waals surface area contributed by atoms with Crippen molar-refractivity contribution in [1.82, 2.24) is 4.72 Å². The minimum absolute atomic E-state index is 0.00722. The third-order valence-electron chi connectivity index (χ3n) is 1.77. The van der Waals surface area contributed by atoms with Crippen LogP contribution >= 0.6 is 11.9 Å². The predicted molar refractivity (Wildman–Crippen MR) is 62.1 cm³/mol. The number of amides is 1. The van der Waals surface area contributed by atoms with Crippen LogP contribution in [0.25, 0.3) is 0 Å². The van der Waals surface area contributed by atoms with Gasteiger partial charge >= 0.3 is 12.1 Å². The fourth-order valence-corrected chi connectivity index (χ4v) is 1.62. The van der Waals surface area contributed by atoms with Crippen molar-refractivity contribution in [3.63, 3.8) is 0 Å². The van der Waals surface area contributed by atoms with E-state index in [1.54, 1.807) is 17.4 Å². The lowest BCUT2D eigenvalue weighted by molar-refractivity contribution is -0.167. The highest BCUT2D eigenvalue weighted by Crippen LogP contribution is 2.20. The van der Waals surface area contributed by atoms with Crippen LogP contribution in [0.5, 0.6) is 0 Å². The molecule has 18 heavy (non-hydrogen) atoms. The summed E-state index contributed by atoms with van der Waals surface area (Å²) < 4.78 is 38.7. The van der Waals surface area contributed by atoms with Gasteiger partial charge in [-0.3, -0.25) is 9.52 Å². The number of halogens is 3. The van der Waals surface area contributed by atoms with Crippen LogP contribution in [0.3, 0.4) is 0 Å². The first kappa shape index (κ1) is 14.8. The van der Waals surface area contributed by atoms with E-state index >= 15 is 0 Å². The number of anilines is 1. The monoisotopic (exact) mass is 280 g/mol. The zero-order valence-corrected chi connectivity index (χ0v) is 9.94. The van der Waals surface area contributed by atoms with Crippen molar-refractivity contribution >= 4 is 23.5 Å². The SMILES string of the molecule is O=C(Nc1ccc(SNCCO)cc1)C(F)(F)F. The van der Waals surface area contributed by atoms with Crippen molar-refractivity contribution in [3.05, 3.63) is 24.3 Å². The second kappa shape index (κ2) is 6.62. The number of aliphatic hydroxyl groups excluding tert-OH is 1. The van der Waals surface area contributed by atoms with Gasteiger partial charge in [-0.05, 0) is 36.2 Å². The van der Waals surface area contributed by atoms with Crippen molar-refractivity contribution in [1.29, 1.82) is 0 Å². The standard InChI is InChI=1S/C10H11F3N2O2S/c11-10(12,13)9(17)15-7-1-3-8(4-2-7)18-14-5-6-16/h1-4,14,16H,5-6H2,(H,15,17). The molecule has 0 heterocycles. The van der Waals surface area contributed by atoms with Crippen LogP contribution in [0.15, 0.2) is 29.2 Å². The number of carbonyl (C=O) groups excluding carboxylic acids is 1. The van der Waals surface area contributed by atoms with Crippen LogP contribution in [0, 0.1) is 0 Å². The van der Waals surface area contributed by atoms with E-state index in [1.165, 1.54) is 24.1 Å². The molecule has 0 spiro atoms. The number of hydrogen-bond donors (Lipinski definition) is 3. The molecule has 8 heteroatoms. The first-order chi connectivity index (χ1) is 8.43. The van der Waals surface area contributed by atoms with Gasteiger partial charge in [0.15, 0.2) is 0 Å². The summed E-state index contributed by atoms with van der Waals surface area (Å²) in [4.78, 5) is 11.4. The van der Waals surface area contributed by atoms with Crippen LogP contribution < -0.4 is 10.0 Å². The quantitative estimate of drug-likeness (QED) is 0.568. The molecule has 0 aromatic heterocycles. The Hall–Kier alpha value is -1.25. The topological polar surface area (TPSA) is 61.4 Å². The van der Waals surface area contributed by atoms with E-state index in [0.717, 1.165) is 4.90 Å². The zero-order chi connectivity index (χ0) is 13.6. The maximum absolute atomic E-state index is 12.0. The van der Waals surface area contributed by atoms with Gasteiger partial charge in [-0.1, -0.05) is 0 Å². The number of hydrogen-bond acceptors (Lipinski definition) is 4. The summed E-state index contributed by atoms with van der Waals surface area (Å²) in [5.41, 5.74) is 0.0730. The Morgan fingerprint density at radius 2 is 1.89 bits per heavy atom. The normalized spacial score (nSPS) is 11.3. The highest BCUT2D eigenvalue weighted by atomic mass is 32.2. The van der Waals surface area contributed by atoms with Crippen molar-refractivity contribution in [2.45, 2.75) is 11.1 Å². The maximum Gasteiger partial charge on any atom is 0.471 e. The highest BCUT2D eigenvalue weighted by Gasteiger charge is 2.38. The average molecular weight is 280 g/mol. The van der Waals surface area contributed by atoms with Gasteiger partial charge in [0.05, 0.1) is 6.61 Å². The molecular formula is C10H11F3N2O2S. The minimum atomic E-state index is -4.89. The number of nitrogens with one attached hydrogen (secondary N) is 2. The van der Waals surface area contributed by atoms with E-state index in [0.29, 0.717) is 6.54 Å². The molecule has 0 aliphatic rings. The van der Waals surface area contributed by atoms with Gasteiger partial charge in [-0.25, -0.2) is 0 Å². The largest absolute Gasteiger partial charge is 0.471 e. The van der Waals surface area contributed by atoms with E-state index in [9.17, 15) is 18.0 Å². The number of rotatable bonds is 5. The van der Waals surface area contributed by atoms with E-state index in [-0.39, 0.29) is 12.3 Å². The summed E-state index contributed by atoms with van der Waals surface area (Å²) in [5.74, 6) is -2.00. The highest BCUT2D eigenvalue weighted by molar-refractivity contribution is 7.97. The van der Waals surface area contributed by atoms with Crippen molar-refractivity contribution < 1.29 is 23.1 Å². The lowest BCUT2D eigenvalue weighted by atomic mass is 10.3. The van der Waals surface area contributed by atoms with Gasteiger partial charge in [-0.2, -0.15) is 13.2 Å². The smallest absolute Gasteiger partial charge is 0.395 e. The van der Waals surface area contributed by atoms with Gasteiger partial charge < -0.3 is 10.4 Å². The van der Waals surface area contributed by atoms with Gasteiger partial charge in [0, 0.05) is 17.1 Å². The van der Waals surface area contributed by atoms with Gasteiger partial charge in [-0.15, -0.1) is 0 Å². The first-order valence-electron chi connectivity index (χ1n) is 4.92. The van der Waals surface area contributed by atoms with Crippen molar-refractivity contribution in [3.8, 4) is 0 Å². The van der Waals surface area contributed by atoms with Crippen LogP contribution in [0.1, 0.15) is 0 Å². The molecule has 0 saturated heterocycles. The molecule has 1 aromatic rings. The summed E-state index contributed by atoms with van der Waals surface area (Å²) in [6.45, 7) is 0.393. The lowest BCUT2D eigenvalue weighted by Crippen LogP contribution is -2.29. The summed E-state index contributed by atoms with van der Waals surface area (Å²) in [7, 11) is 0. The molecule has 3 N–H and O–H groups in total. The molecule has 1 rings (SSSR count). The fraction of sp³-hybridized carbons (Fsp3) is 0.300. The zero-order valence-electron chi connectivity index (χ0n) is 9.12. The van der Waals surface area contributed by atoms with Crippen molar-refractivity contribution in [2.24, 2.45) is 0 Å². The number of benzene rings is 1. The van der Waals surface area contributed by atoms with Gasteiger partial charge in [0.2, 0.25) is 0 Å². The van der Waals surface area contributed by atoms with Gasteiger partial charge in [0.25, 0.3) is 0 Å². The number of alkyl halides is 3. The number of carbonyl (C=O) groups is 1. The molecule has 0 fully saturated rings. The van der Waals surface area contributed by atoms with Crippen molar-refractivity contribution in [2.75, 3.05) is 18.5 Å². The van der Waals surface area contributed by atoms with E-state index in [2.05, 4.69) is 4.72 Å². The molecule has 0 aliphatic heterocycles. The molecule has 0 radical (unpaired) electrons. The fourth-order valence-electron chi connectivity index (χ4n) is 0.988. The third kappa shape index (κ3) is 4.94. The summed E-state index contributed by atoms with van der Waals surface area (Å²) in [5, 5.41) is 10.3. The minimum Gasteiger partial charge on any atom is -0.395 e. The second-order valence-corrected chi connectivity index (χ2v) is 4.16. The molecule has 0 unspecified atom stereocenters. The molecule has 4 nitrogen and oxygen atoms in total. The molecule has 100 valence electrons. The predicted octanol–water partition coefficient (Wildman–Crippen LogP) is 1.78. The molecule has 0 atom stereocenters. The van der Waals surface area contributed by atoms with Crippen LogP contribution in [0.2, 0.25) is 0 Å². The van der Waals surface area contributed by atoms with Crippen LogP contribution in [-0.2, 0) is 4.79 Å². The second-order valence-electron chi connectivity index (χ2n) is 3.20. The van der Waals surface area contributed by atoms with Crippen LogP contribution in [-0.4, -0.2) is 30.3 Å². The molecule has 1 amide bonds. The molecule has 0 aliphatic carbocycles. The third-order valence-corrected chi connectivity index (χ3v) is 2.63. The molecule has 0 bridgehead atoms.